The minimum absolute atomic E-state index is 0.0633. The number of rotatable bonds is 7. The molecule has 0 spiro atoms. The first-order valence-corrected chi connectivity index (χ1v) is 9.26. The van der Waals surface area contributed by atoms with Crippen LogP contribution < -0.4 is 21.0 Å². The second-order valence-electron chi connectivity index (χ2n) is 6.38. The van der Waals surface area contributed by atoms with E-state index in [9.17, 15) is 9.59 Å². The highest BCUT2D eigenvalue weighted by atomic mass is 16.5. The summed E-state index contributed by atoms with van der Waals surface area (Å²) in [5.74, 6) is 1.21. The second kappa shape index (κ2) is 8.48. The van der Waals surface area contributed by atoms with Gasteiger partial charge in [-0.25, -0.2) is 4.79 Å². The zero-order chi connectivity index (χ0) is 20.9. The third-order valence-corrected chi connectivity index (χ3v) is 4.42. The van der Waals surface area contributed by atoms with Crippen LogP contribution in [0.5, 0.6) is 5.75 Å². The lowest BCUT2D eigenvalue weighted by Gasteiger charge is -2.08. The monoisotopic (exact) mass is 405 g/mol. The maximum absolute atomic E-state index is 12.4. The number of nitrogens with one attached hydrogen (secondary N) is 2. The molecule has 3 heterocycles. The molecule has 9 heteroatoms. The highest BCUT2D eigenvalue weighted by Crippen LogP contribution is 2.24. The van der Waals surface area contributed by atoms with E-state index < -0.39 is 11.5 Å². The second-order valence-corrected chi connectivity index (χ2v) is 6.38. The van der Waals surface area contributed by atoms with Crippen molar-refractivity contribution < 1.29 is 13.9 Å². The van der Waals surface area contributed by atoms with Gasteiger partial charge in [0.15, 0.2) is 17.2 Å². The Hall–Kier alpha value is -4.14. The van der Waals surface area contributed by atoms with E-state index in [1.165, 1.54) is 13.2 Å². The van der Waals surface area contributed by atoms with Crippen LogP contribution in [-0.4, -0.2) is 40.9 Å². The first-order valence-electron chi connectivity index (χ1n) is 9.26. The van der Waals surface area contributed by atoms with Crippen molar-refractivity contribution in [1.29, 1.82) is 0 Å². The van der Waals surface area contributed by atoms with E-state index in [-0.39, 0.29) is 12.1 Å². The van der Waals surface area contributed by atoms with Gasteiger partial charge in [0, 0.05) is 30.9 Å². The normalized spacial score (nSPS) is 10.7. The van der Waals surface area contributed by atoms with E-state index in [0.717, 1.165) is 0 Å². The van der Waals surface area contributed by atoms with Crippen molar-refractivity contribution in [2.24, 2.45) is 0 Å². The third kappa shape index (κ3) is 4.00. The maximum atomic E-state index is 12.4. The number of methoxy groups -OCH3 is 1. The molecule has 0 atom stereocenters. The standard InChI is InChI=1S/C21H19N5O4/c1-29-16-6-4-5-14-13-15(21(28)30-19(14)16)20(27)23-10-9-22-17-7-8-18(25-24-17)26-11-2-3-12-26/h2-8,11-13H,9-10H2,1H3,(H,22,24)(H,23,27). The van der Waals surface area contributed by atoms with E-state index in [1.807, 2.05) is 35.2 Å². The molecule has 30 heavy (non-hydrogen) atoms. The minimum Gasteiger partial charge on any atom is -0.493 e. The Morgan fingerprint density at radius 2 is 1.93 bits per heavy atom. The molecule has 4 aromatic rings. The Labute approximate surface area is 171 Å². The lowest BCUT2D eigenvalue weighted by atomic mass is 10.1. The molecule has 4 rings (SSSR count). The number of amides is 1. The van der Waals surface area contributed by atoms with E-state index >= 15 is 0 Å². The van der Waals surface area contributed by atoms with Gasteiger partial charge in [0.2, 0.25) is 0 Å². The number of anilines is 1. The largest absolute Gasteiger partial charge is 0.493 e. The summed E-state index contributed by atoms with van der Waals surface area (Å²) in [5.41, 5.74) is -0.472. The maximum Gasteiger partial charge on any atom is 0.349 e. The molecular formula is C21H19N5O4. The first kappa shape index (κ1) is 19.2. The summed E-state index contributed by atoms with van der Waals surface area (Å²) in [4.78, 5) is 24.6. The summed E-state index contributed by atoms with van der Waals surface area (Å²) in [6.07, 6.45) is 3.76. The predicted octanol–water partition coefficient (Wildman–Crippen LogP) is 2.22. The van der Waals surface area contributed by atoms with Gasteiger partial charge in [-0.05, 0) is 36.4 Å². The predicted molar refractivity (Wildman–Crippen MR) is 111 cm³/mol. The summed E-state index contributed by atoms with van der Waals surface area (Å²) in [5, 5.41) is 14.6. The molecule has 0 saturated carbocycles. The van der Waals surface area contributed by atoms with Crippen LogP contribution in [-0.2, 0) is 0 Å². The molecule has 0 unspecified atom stereocenters. The number of carbonyl (C=O) groups excluding carboxylic acids is 1. The van der Waals surface area contributed by atoms with Crippen LogP contribution in [0, 0.1) is 0 Å². The molecule has 0 bridgehead atoms. The Balaban J connectivity index is 1.35. The van der Waals surface area contributed by atoms with Crippen LogP contribution in [0.1, 0.15) is 10.4 Å². The topological polar surface area (TPSA) is 111 Å². The Morgan fingerprint density at radius 3 is 2.67 bits per heavy atom. The quantitative estimate of drug-likeness (QED) is 0.358. The Kier molecular flexibility index (Phi) is 5.42. The molecule has 1 aromatic carbocycles. The highest BCUT2D eigenvalue weighted by molar-refractivity contribution is 5.97. The van der Waals surface area contributed by atoms with Crippen LogP contribution >= 0.6 is 0 Å². The average molecular weight is 405 g/mol. The van der Waals surface area contributed by atoms with Gasteiger partial charge in [-0.2, -0.15) is 0 Å². The van der Waals surface area contributed by atoms with Crippen molar-refractivity contribution in [3.05, 3.63) is 76.9 Å². The SMILES string of the molecule is COc1cccc2cc(C(=O)NCCNc3ccc(-n4cccc4)nn3)c(=O)oc12. The Bertz CT molecular complexity index is 1220. The number of carbonyl (C=O) groups is 1. The molecule has 1 amide bonds. The van der Waals surface area contributed by atoms with Crippen molar-refractivity contribution >= 4 is 22.7 Å². The van der Waals surface area contributed by atoms with E-state index in [0.29, 0.717) is 34.9 Å². The fraction of sp³-hybridized carbons (Fsp3) is 0.143. The van der Waals surface area contributed by atoms with Crippen LogP contribution in [0.4, 0.5) is 5.82 Å². The fourth-order valence-electron chi connectivity index (χ4n) is 2.94. The van der Waals surface area contributed by atoms with Gasteiger partial charge in [0.1, 0.15) is 11.4 Å². The molecule has 9 nitrogen and oxygen atoms in total. The summed E-state index contributed by atoms with van der Waals surface area (Å²) in [6.45, 7) is 0.700. The van der Waals surface area contributed by atoms with Gasteiger partial charge < -0.3 is 24.4 Å². The zero-order valence-corrected chi connectivity index (χ0v) is 16.2. The number of benzene rings is 1. The third-order valence-electron chi connectivity index (χ3n) is 4.42. The van der Waals surface area contributed by atoms with E-state index in [2.05, 4.69) is 20.8 Å². The lowest BCUT2D eigenvalue weighted by Crippen LogP contribution is -2.32. The molecule has 0 radical (unpaired) electrons. The number of hydrogen-bond acceptors (Lipinski definition) is 7. The molecule has 0 fully saturated rings. The van der Waals surface area contributed by atoms with Crippen LogP contribution in [0.15, 0.2) is 70.1 Å². The van der Waals surface area contributed by atoms with Crippen molar-refractivity contribution in [1.82, 2.24) is 20.1 Å². The summed E-state index contributed by atoms with van der Waals surface area (Å²) in [6, 6.07) is 14.1. The van der Waals surface area contributed by atoms with Gasteiger partial charge in [-0.15, -0.1) is 10.2 Å². The highest BCUT2D eigenvalue weighted by Gasteiger charge is 2.15. The Morgan fingerprint density at radius 1 is 1.10 bits per heavy atom. The number of nitrogens with zero attached hydrogens (tertiary/aromatic N) is 3. The summed E-state index contributed by atoms with van der Waals surface area (Å²) in [7, 11) is 1.49. The van der Waals surface area contributed by atoms with Gasteiger partial charge in [-0.1, -0.05) is 12.1 Å². The van der Waals surface area contributed by atoms with Crippen molar-refractivity contribution in [3.8, 4) is 11.6 Å². The molecule has 152 valence electrons. The van der Waals surface area contributed by atoms with Crippen LogP contribution in [0.25, 0.3) is 16.8 Å². The summed E-state index contributed by atoms with van der Waals surface area (Å²) < 4.78 is 12.3. The molecule has 2 N–H and O–H groups in total. The molecule has 0 aliphatic rings. The number of hydrogen-bond donors (Lipinski definition) is 2. The molecule has 0 saturated heterocycles. The molecular weight excluding hydrogens is 386 g/mol. The number of fused-ring (bicyclic) bond motifs is 1. The molecule has 0 aliphatic heterocycles. The van der Waals surface area contributed by atoms with Crippen molar-refractivity contribution in [2.75, 3.05) is 25.5 Å². The van der Waals surface area contributed by atoms with Crippen molar-refractivity contribution in [2.45, 2.75) is 0 Å². The van der Waals surface area contributed by atoms with Gasteiger partial charge >= 0.3 is 5.63 Å². The smallest absolute Gasteiger partial charge is 0.349 e. The first-order chi connectivity index (χ1) is 14.7. The van der Waals surface area contributed by atoms with Gasteiger partial charge in [0.05, 0.1) is 7.11 Å². The lowest BCUT2D eigenvalue weighted by molar-refractivity contribution is 0.0951. The number of aromatic nitrogens is 3. The molecule has 3 aromatic heterocycles. The van der Waals surface area contributed by atoms with Crippen LogP contribution in [0.2, 0.25) is 0 Å². The fourth-order valence-corrected chi connectivity index (χ4v) is 2.94. The average Bonchev–Trinajstić information content (AvgIpc) is 3.31. The van der Waals surface area contributed by atoms with Crippen LogP contribution in [0.3, 0.4) is 0 Å². The zero-order valence-electron chi connectivity index (χ0n) is 16.2. The van der Waals surface area contributed by atoms with E-state index in [1.54, 1.807) is 24.3 Å². The number of ether oxygens (including phenoxy) is 1. The van der Waals surface area contributed by atoms with Gasteiger partial charge in [-0.3, -0.25) is 4.79 Å². The van der Waals surface area contributed by atoms with Crippen molar-refractivity contribution in [3.63, 3.8) is 0 Å². The van der Waals surface area contributed by atoms with Gasteiger partial charge in [0.25, 0.3) is 5.91 Å². The van der Waals surface area contributed by atoms with E-state index in [4.69, 9.17) is 9.15 Å². The molecule has 0 aliphatic carbocycles. The summed E-state index contributed by atoms with van der Waals surface area (Å²) >= 11 is 0. The number of para-hydroxylation sites is 1. The minimum atomic E-state index is -0.719.